The van der Waals surface area contributed by atoms with Gasteiger partial charge in [-0.3, -0.25) is 0 Å². The Bertz CT molecular complexity index is 533. The number of benzene rings is 1. The Balaban J connectivity index is 1.84. The molecule has 1 aliphatic heterocycles. The van der Waals surface area contributed by atoms with Crippen LogP contribution in [0.1, 0.15) is 38.3 Å². The minimum absolute atomic E-state index is 0.0964. The number of hydrogen-bond donors (Lipinski definition) is 2. The van der Waals surface area contributed by atoms with E-state index in [4.69, 9.17) is 27.9 Å². The van der Waals surface area contributed by atoms with Crippen LogP contribution in [0.4, 0.5) is 0 Å². The maximum atomic E-state index is 9.85. The standard InChI is InChI=1S/C15H19Cl2NO2/c1-15(2)12(7-13(15)19)18-11-3-4-20-14-9(11)5-8(16)6-10(14)17/h5-6,11-13,18-19H,3-4,7H2,1-2H3. The van der Waals surface area contributed by atoms with Crippen LogP contribution in [0.2, 0.25) is 10.0 Å². The first kappa shape index (κ1) is 14.5. The third-order valence-corrected chi connectivity index (χ3v) is 5.18. The first-order chi connectivity index (χ1) is 9.39. The number of aliphatic hydroxyl groups is 1. The van der Waals surface area contributed by atoms with Crippen LogP contribution in [0, 0.1) is 5.41 Å². The van der Waals surface area contributed by atoms with Gasteiger partial charge in [0, 0.05) is 34.5 Å². The molecule has 0 bridgehead atoms. The van der Waals surface area contributed by atoms with E-state index in [1.807, 2.05) is 6.07 Å². The van der Waals surface area contributed by atoms with Crippen molar-refractivity contribution in [3.8, 4) is 5.75 Å². The fraction of sp³-hybridized carbons (Fsp3) is 0.600. The van der Waals surface area contributed by atoms with Crippen LogP contribution in [0.25, 0.3) is 0 Å². The molecule has 3 atom stereocenters. The second-order valence-corrected chi connectivity index (χ2v) is 7.13. The van der Waals surface area contributed by atoms with Gasteiger partial charge in [-0.05, 0) is 18.6 Å². The largest absolute Gasteiger partial charge is 0.492 e. The van der Waals surface area contributed by atoms with Crippen molar-refractivity contribution in [2.24, 2.45) is 5.41 Å². The second kappa shape index (κ2) is 5.06. The topological polar surface area (TPSA) is 41.5 Å². The first-order valence-corrected chi connectivity index (χ1v) is 7.71. The summed E-state index contributed by atoms with van der Waals surface area (Å²) in [6.45, 7) is 4.82. The molecule has 3 rings (SSSR count). The zero-order chi connectivity index (χ0) is 14.5. The zero-order valence-electron chi connectivity index (χ0n) is 11.6. The molecule has 2 N–H and O–H groups in total. The van der Waals surface area contributed by atoms with Crippen LogP contribution >= 0.6 is 23.2 Å². The number of rotatable bonds is 2. The van der Waals surface area contributed by atoms with Gasteiger partial charge in [0.2, 0.25) is 0 Å². The van der Waals surface area contributed by atoms with E-state index in [9.17, 15) is 5.11 Å². The van der Waals surface area contributed by atoms with Gasteiger partial charge in [0.25, 0.3) is 0 Å². The van der Waals surface area contributed by atoms with Crippen LogP contribution in [0.15, 0.2) is 12.1 Å². The number of hydrogen-bond acceptors (Lipinski definition) is 3. The highest BCUT2D eigenvalue weighted by Gasteiger charge is 2.48. The third kappa shape index (κ3) is 2.31. The number of fused-ring (bicyclic) bond motifs is 1. The van der Waals surface area contributed by atoms with Crippen molar-refractivity contribution in [2.75, 3.05) is 6.61 Å². The van der Waals surface area contributed by atoms with E-state index in [0.29, 0.717) is 22.7 Å². The van der Waals surface area contributed by atoms with Crippen LogP contribution in [-0.2, 0) is 0 Å². The van der Waals surface area contributed by atoms with Crippen LogP contribution in [0.5, 0.6) is 5.75 Å². The van der Waals surface area contributed by atoms with Crippen molar-refractivity contribution in [3.05, 3.63) is 27.7 Å². The Morgan fingerprint density at radius 2 is 2.10 bits per heavy atom. The molecule has 1 heterocycles. The molecule has 1 aromatic rings. The Hall–Kier alpha value is -0.480. The van der Waals surface area contributed by atoms with Crippen molar-refractivity contribution in [1.82, 2.24) is 5.32 Å². The van der Waals surface area contributed by atoms with Crippen LogP contribution < -0.4 is 10.1 Å². The van der Waals surface area contributed by atoms with Gasteiger partial charge in [0.15, 0.2) is 0 Å². The zero-order valence-corrected chi connectivity index (χ0v) is 13.1. The summed E-state index contributed by atoms with van der Waals surface area (Å²) in [7, 11) is 0. The highest BCUT2D eigenvalue weighted by Crippen LogP contribution is 2.45. The van der Waals surface area contributed by atoms with Gasteiger partial charge in [0.05, 0.1) is 17.7 Å². The molecule has 1 aromatic carbocycles. The SMILES string of the molecule is CC1(C)C(O)CC1NC1CCOc2c(Cl)cc(Cl)cc21. The molecule has 0 aromatic heterocycles. The highest BCUT2D eigenvalue weighted by molar-refractivity contribution is 6.35. The van der Waals surface area contributed by atoms with Crippen molar-refractivity contribution in [3.63, 3.8) is 0 Å². The fourth-order valence-electron chi connectivity index (χ4n) is 3.03. The van der Waals surface area contributed by atoms with Gasteiger partial charge in [-0.2, -0.15) is 0 Å². The molecule has 1 aliphatic carbocycles. The lowest BCUT2D eigenvalue weighted by Gasteiger charge is -2.51. The average Bonchev–Trinajstić information content (AvgIpc) is 2.39. The molecule has 5 heteroatoms. The minimum atomic E-state index is -0.234. The van der Waals surface area contributed by atoms with E-state index in [-0.39, 0.29) is 17.6 Å². The van der Waals surface area contributed by atoms with Gasteiger partial charge in [-0.15, -0.1) is 0 Å². The maximum Gasteiger partial charge on any atom is 0.142 e. The summed E-state index contributed by atoms with van der Waals surface area (Å²) >= 11 is 12.3. The van der Waals surface area contributed by atoms with Crippen LogP contribution in [0.3, 0.4) is 0 Å². The van der Waals surface area contributed by atoms with E-state index in [0.717, 1.165) is 24.2 Å². The Labute approximate surface area is 129 Å². The summed E-state index contributed by atoms with van der Waals surface area (Å²) in [4.78, 5) is 0. The van der Waals surface area contributed by atoms with E-state index < -0.39 is 0 Å². The molecule has 110 valence electrons. The van der Waals surface area contributed by atoms with E-state index in [1.165, 1.54) is 0 Å². The van der Waals surface area contributed by atoms with Gasteiger partial charge in [-0.1, -0.05) is 37.0 Å². The number of halogens is 2. The lowest BCUT2D eigenvalue weighted by molar-refractivity contribution is -0.0771. The normalized spacial score (nSPS) is 31.1. The molecule has 1 fully saturated rings. The monoisotopic (exact) mass is 315 g/mol. The Morgan fingerprint density at radius 3 is 2.75 bits per heavy atom. The van der Waals surface area contributed by atoms with Crippen molar-refractivity contribution in [2.45, 2.75) is 44.9 Å². The predicted octanol–water partition coefficient (Wildman–Crippen LogP) is 3.57. The average molecular weight is 316 g/mol. The third-order valence-electron chi connectivity index (χ3n) is 4.68. The summed E-state index contributed by atoms with van der Waals surface area (Å²) in [5.74, 6) is 0.734. The summed E-state index contributed by atoms with van der Waals surface area (Å²) in [6, 6.07) is 4.10. The molecule has 2 aliphatic rings. The number of ether oxygens (including phenoxy) is 1. The van der Waals surface area contributed by atoms with Crippen molar-refractivity contribution < 1.29 is 9.84 Å². The summed E-state index contributed by atoms with van der Waals surface area (Å²) < 4.78 is 5.67. The molecule has 0 amide bonds. The Morgan fingerprint density at radius 1 is 1.35 bits per heavy atom. The molecular formula is C15H19Cl2NO2. The second-order valence-electron chi connectivity index (χ2n) is 6.29. The molecule has 20 heavy (non-hydrogen) atoms. The molecule has 1 saturated carbocycles. The van der Waals surface area contributed by atoms with Gasteiger partial charge >= 0.3 is 0 Å². The van der Waals surface area contributed by atoms with Gasteiger partial charge < -0.3 is 15.2 Å². The van der Waals surface area contributed by atoms with E-state index in [2.05, 4.69) is 19.2 Å². The molecule has 3 nitrogen and oxygen atoms in total. The number of aliphatic hydroxyl groups excluding tert-OH is 1. The molecule has 3 unspecified atom stereocenters. The van der Waals surface area contributed by atoms with Gasteiger partial charge in [0.1, 0.15) is 5.75 Å². The Kier molecular flexibility index (Phi) is 3.66. The summed E-state index contributed by atoms with van der Waals surface area (Å²) in [5, 5.41) is 14.7. The quantitative estimate of drug-likeness (QED) is 0.876. The van der Waals surface area contributed by atoms with Crippen molar-refractivity contribution in [1.29, 1.82) is 0 Å². The molecule has 0 saturated heterocycles. The van der Waals surface area contributed by atoms with E-state index in [1.54, 1.807) is 6.07 Å². The van der Waals surface area contributed by atoms with Crippen molar-refractivity contribution >= 4 is 23.2 Å². The lowest BCUT2D eigenvalue weighted by atomic mass is 9.64. The molecule has 0 radical (unpaired) electrons. The summed E-state index contributed by atoms with van der Waals surface area (Å²) in [5.41, 5.74) is 0.923. The van der Waals surface area contributed by atoms with Gasteiger partial charge in [-0.25, -0.2) is 0 Å². The minimum Gasteiger partial charge on any atom is -0.492 e. The fourth-order valence-corrected chi connectivity index (χ4v) is 3.59. The maximum absolute atomic E-state index is 9.85. The van der Waals surface area contributed by atoms with E-state index >= 15 is 0 Å². The first-order valence-electron chi connectivity index (χ1n) is 6.95. The lowest BCUT2D eigenvalue weighted by Crippen LogP contribution is -2.60. The van der Waals surface area contributed by atoms with Crippen LogP contribution in [-0.4, -0.2) is 23.9 Å². The summed E-state index contributed by atoms with van der Waals surface area (Å²) in [6.07, 6.45) is 1.43. The highest BCUT2D eigenvalue weighted by atomic mass is 35.5. The molecular weight excluding hydrogens is 297 g/mol. The smallest absolute Gasteiger partial charge is 0.142 e. The molecule has 0 spiro atoms. The predicted molar refractivity (Wildman–Crippen MR) is 80.6 cm³/mol. The number of nitrogens with one attached hydrogen (secondary N) is 1.